The number of benzene rings is 1. The average Bonchev–Trinajstić information content (AvgIpc) is 2.70. The van der Waals surface area contributed by atoms with Gasteiger partial charge < -0.3 is 9.67 Å². The molecule has 0 saturated heterocycles. The van der Waals surface area contributed by atoms with Gasteiger partial charge in [-0.2, -0.15) is 0 Å². The molecule has 26 heavy (non-hydrogen) atoms. The van der Waals surface area contributed by atoms with Crippen molar-refractivity contribution in [2.45, 2.75) is 71.9 Å². The van der Waals surface area contributed by atoms with Crippen LogP contribution in [0.2, 0.25) is 0 Å². The summed E-state index contributed by atoms with van der Waals surface area (Å²) < 4.78 is 16.4. The molecule has 1 amide bonds. The van der Waals surface area contributed by atoms with Gasteiger partial charge in [0.2, 0.25) is 11.9 Å². The van der Waals surface area contributed by atoms with E-state index in [4.69, 9.17) is 0 Å². The number of rotatable bonds is 4. The number of imidazole rings is 1. The highest BCUT2D eigenvalue weighted by Crippen LogP contribution is 2.39. The molecule has 1 fully saturated rings. The van der Waals surface area contributed by atoms with Gasteiger partial charge in [0.15, 0.2) is 0 Å². The molecule has 1 aliphatic rings. The van der Waals surface area contributed by atoms with Gasteiger partial charge in [-0.1, -0.05) is 20.8 Å². The number of hydrogen-bond acceptors (Lipinski definition) is 3. The molecule has 0 spiro atoms. The van der Waals surface area contributed by atoms with Crippen LogP contribution in [-0.4, -0.2) is 20.6 Å². The number of hydrogen-bond donors (Lipinski definition) is 2. The zero-order valence-electron chi connectivity index (χ0n) is 16.2. The number of aromatic nitrogens is 2. The maximum atomic E-state index is 14.4. The Kier molecular flexibility index (Phi) is 4.59. The van der Waals surface area contributed by atoms with Crippen molar-refractivity contribution in [1.82, 2.24) is 9.55 Å². The molecule has 142 valence electrons. The Labute approximate surface area is 153 Å². The van der Waals surface area contributed by atoms with E-state index in [0.717, 1.165) is 24.8 Å². The van der Waals surface area contributed by atoms with Crippen LogP contribution in [0, 0.1) is 11.2 Å². The van der Waals surface area contributed by atoms with E-state index in [1.807, 2.05) is 25.3 Å². The molecule has 0 unspecified atom stereocenters. The van der Waals surface area contributed by atoms with Gasteiger partial charge in [-0.25, -0.2) is 9.37 Å². The molecule has 3 rings (SSSR count). The molecule has 1 aromatic carbocycles. The van der Waals surface area contributed by atoms with Crippen LogP contribution in [-0.2, 0) is 10.4 Å². The van der Waals surface area contributed by atoms with E-state index >= 15 is 0 Å². The fraction of sp³-hybridized carbons (Fsp3) is 0.600. The number of carbonyl (C=O) groups excluding carboxylic acids is 1. The highest BCUT2D eigenvalue weighted by atomic mass is 19.1. The summed E-state index contributed by atoms with van der Waals surface area (Å²) in [4.78, 5) is 16.9. The minimum atomic E-state index is -1.29. The van der Waals surface area contributed by atoms with Crippen LogP contribution in [0.25, 0.3) is 11.0 Å². The number of anilines is 1. The van der Waals surface area contributed by atoms with Crippen molar-refractivity contribution in [3.05, 3.63) is 23.5 Å². The second-order valence-corrected chi connectivity index (χ2v) is 9.06. The first-order chi connectivity index (χ1) is 12.0. The van der Waals surface area contributed by atoms with Crippen LogP contribution >= 0.6 is 0 Å². The Balaban J connectivity index is 2.07. The van der Waals surface area contributed by atoms with Gasteiger partial charge in [-0.15, -0.1) is 0 Å². The van der Waals surface area contributed by atoms with Crippen molar-refractivity contribution in [1.29, 1.82) is 0 Å². The van der Waals surface area contributed by atoms with Gasteiger partial charge in [-0.3, -0.25) is 10.1 Å². The van der Waals surface area contributed by atoms with Crippen molar-refractivity contribution in [3.8, 4) is 0 Å². The first kappa shape index (κ1) is 18.8. The van der Waals surface area contributed by atoms with Gasteiger partial charge >= 0.3 is 0 Å². The Hall–Kier alpha value is -1.95. The van der Waals surface area contributed by atoms with Crippen LogP contribution in [0.15, 0.2) is 12.1 Å². The van der Waals surface area contributed by atoms with Gasteiger partial charge in [0.05, 0.1) is 16.6 Å². The average molecular weight is 361 g/mol. The second kappa shape index (κ2) is 6.34. The topological polar surface area (TPSA) is 67.2 Å². The summed E-state index contributed by atoms with van der Waals surface area (Å²) in [6.07, 6.45) is 3.51. The highest BCUT2D eigenvalue weighted by molar-refractivity contribution is 5.92. The second-order valence-electron chi connectivity index (χ2n) is 9.06. The monoisotopic (exact) mass is 361 g/mol. The predicted octanol–water partition coefficient (Wildman–Crippen LogP) is 4.50. The first-order valence-electron chi connectivity index (χ1n) is 9.20. The minimum Gasteiger partial charge on any atom is -0.386 e. The predicted molar refractivity (Wildman–Crippen MR) is 101 cm³/mol. The smallest absolute Gasteiger partial charge is 0.227 e. The summed E-state index contributed by atoms with van der Waals surface area (Å²) in [7, 11) is 0. The Morgan fingerprint density at radius 3 is 2.46 bits per heavy atom. The largest absolute Gasteiger partial charge is 0.386 e. The van der Waals surface area contributed by atoms with Crippen molar-refractivity contribution >= 4 is 22.9 Å². The fourth-order valence-electron chi connectivity index (χ4n) is 3.34. The standard InChI is InChI=1S/C20H28FN3O2/c1-19(2,3)11-17(25)23-18-22-15-10-14(21)13(20(4,5)26)9-16(15)24(18)12-7-6-8-12/h9-10,12,26H,6-8,11H2,1-5H3,(H,22,23,25). The molecule has 2 aromatic rings. The fourth-order valence-corrected chi connectivity index (χ4v) is 3.34. The number of amides is 1. The van der Waals surface area contributed by atoms with Crippen molar-refractivity contribution in [2.24, 2.45) is 5.41 Å². The molecule has 1 aliphatic carbocycles. The van der Waals surface area contributed by atoms with E-state index in [2.05, 4.69) is 10.3 Å². The van der Waals surface area contributed by atoms with Crippen molar-refractivity contribution < 1.29 is 14.3 Å². The Morgan fingerprint density at radius 1 is 1.31 bits per heavy atom. The summed E-state index contributed by atoms with van der Waals surface area (Å²) in [6, 6.07) is 3.25. The van der Waals surface area contributed by atoms with Gasteiger partial charge in [-0.05, 0) is 44.6 Å². The summed E-state index contributed by atoms with van der Waals surface area (Å²) in [5.41, 5.74) is 0.0611. The number of nitrogens with one attached hydrogen (secondary N) is 1. The zero-order chi connectivity index (χ0) is 19.3. The molecule has 0 radical (unpaired) electrons. The molecule has 0 atom stereocenters. The molecule has 1 heterocycles. The highest BCUT2D eigenvalue weighted by Gasteiger charge is 2.29. The molecule has 0 bridgehead atoms. The molecule has 5 nitrogen and oxygen atoms in total. The number of aliphatic hydroxyl groups is 1. The molecule has 0 aliphatic heterocycles. The SMILES string of the molecule is CC(C)(C)CC(=O)Nc1nc2cc(F)c(C(C)(C)O)cc2n1C1CCC1. The molecule has 1 saturated carbocycles. The third-order valence-corrected chi connectivity index (χ3v) is 4.82. The maximum absolute atomic E-state index is 14.4. The van der Waals surface area contributed by atoms with Gasteiger partial charge in [0, 0.05) is 24.1 Å². The van der Waals surface area contributed by atoms with E-state index in [1.165, 1.54) is 6.07 Å². The lowest BCUT2D eigenvalue weighted by molar-refractivity contribution is -0.117. The Morgan fingerprint density at radius 2 is 1.96 bits per heavy atom. The quantitative estimate of drug-likeness (QED) is 0.842. The van der Waals surface area contributed by atoms with Crippen LogP contribution in [0.1, 0.15) is 71.9 Å². The number of halogens is 1. The maximum Gasteiger partial charge on any atom is 0.227 e. The zero-order valence-corrected chi connectivity index (χ0v) is 16.2. The third kappa shape index (κ3) is 3.75. The van der Waals surface area contributed by atoms with Crippen molar-refractivity contribution in [3.63, 3.8) is 0 Å². The summed E-state index contributed by atoms with van der Waals surface area (Å²) >= 11 is 0. The van der Waals surface area contributed by atoms with E-state index in [0.29, 0.717) is 17.9 Å². The van der Waals surface area contributed by atoms with Crippen LogP contribution in [0.4, 0.5) is 10.3 Å². The van der Waals surface area contributed by atoms with E-state index in [-0.39, 0.29) is 22.9 Å². The normalized spacial score (nSPS) is 16.0. The third-order valence-electron chi connectivity index (χ3n) is 4.82. The lowest BCUT2D eigenvalue weighted by Crippen LogP contribution is -2.24. The lowest BCUT2D eigenvalue weighted by Gasteiger charge is -2.29. The van der Waals surface area contributed by atoms with Gasteiger partial charge in [0.1, 0.15) is 5.82 Å². The first-order valence-corrected chi connectivity index (χ1v) is 9.20. The van der Waals surface area contributed by atoms with E-state index in [1.54, 1.807) is 19.9 Å². The molecular weight excluding hydrogens is 333 g/mol. The molecule has 6 heteroatoms. The summed E-state index contributed by atoms with van der Waals surface area (Å²) in [6.45, 7) is 9.14. The van der Waals surface area contributed by atoms with E-state index < -0.39 is 11.4 Å². The molecule has 2 N–H and O–H groups in total. The number of carbonyl (C=O) groups is 1. The summed E-state index contributed by atoms with van der Waals surface area (Å²) in [5.74, 6) is -0.126. The number of nitrogens with zero attached hydrogens (tertiary/aromatic N) is 2. The Bertz CT molecular complexity index is 839. The minimum absolute atomic E-state index is 0.100. The van der Waals surface area contributed by atoms with Crippen LogP contribution in [0.5, 0.6) is 0 Å². The van der Waals surface area contributed by atoms with Crippen LogP contribution in [0.3, 0.4) is 0 Å². The summed E-state index contributed by atoms with van der Waals surface area (Å²) in [5, 5.41) is 13.2. The lowest BCUT2D eigenvalue weighted by atomic mass is 9.91. The molecular formula is C20H28FN3O2. The van der Waals surface area contributed by atoms with Crippen LogP contribution < -0.4 is 5.32 Å². The van der Waals surface area contributed by atoms with Gasteiger partial charge in [0.25, 0.3) is 0 Å². The molecule has 1 aromatic heterocycles. The van der Waals surface area contributed by atoms with Crippen molar-refractivity contribution in [2.75, 3.05) is 5.32 Å². The van der Waals surface area contributed by atoms with E-state index in [9.17, 15) is 14.3 Å². The number of fused-ring (bicyclic) bond motifs is 1.